The van der Waals surface area contributed by atoms with Gasteiger partial charge in [0.1, 0.15) is 11.5 Å². The molecule has 0 radical (unpaired) electrons. The van der Waals surface area contributed by atoms with Gasteiger partial charge in [-0.1, -0.05) is 12.1 Å². The highest BCUT2D eigenvalue weighted by molar-refractivity contribution is 7.48. The van der Waals surface area contributed by atoms with Gasteiger partial charge in [0.2, 0.25) is 0 Å². The van der Waals surface area contributed by atoms with Crippen LogP contribution in [-0.2, 0) is 20.5 Å². The number of methoxy groups -OCH3 is 1. The fourth-order valence-electron chi connectivity index (χ4n) is 1.82. The second-order valence-corrected chi connectivity index (χ2v) is 6.10. The molecular weight excluding hydrogens is 353 g/mol. The Morgan fingerprint density at radius 1 is 1.08 bits per heavy atom. The Hall–Kier alpha value is -2.90. The summed E-state index contributed by atoms with van der Waals surface area (Å²) in [7, 11) is -3.21. The molecule has 0 fully saturated rings. The van der Waals surface area contributed by atoms with Crippen LogP contribution in [0, 0.1) is 10.1 Å². The first-order valence-corrected chi connectivity index (χ1v) is 8.41. The Morgan fingerprint density at radius 3 is 2.00 bits per heavy atom. The topological polar surface area (TPSA) is 125 Å². The molecule has 0 spiro atoms. The van der Waals surface area contributed by atoms with Crippen molar-refractivity contribution in [1.29, 1.82) is 0 Å². The van der Waals surface area contributed by atoms with E-state index in [0.717, 1.165) is 12.1 Å². The van der Waals surface area contributed by atoms with Gasteiger partial charge < -0.3 is 13.8 Å². The van der Waals surface area contributed by atoms with E-state index in [1.807, 2.05) is 0 Å². The van der Waals surface area contributed by atoms with Crippen LogP contribution in [0.3, 0.4) is 0 Å². The van der Waals surface area contributed by atoms with Crippen LogP contribution in [0.5, 0.6) is 11.5 Å². The van der Waals surface area contributed by atoms with Crippen molar-refractivity contribution in [2.45, 2.75) is 6.42 Å². The molecule has 0 saturated heterocycles. The molecule has 10 heteroatoms. The van der Waals surface area contributed by atoms with E-state index in [0.29, 0.717) is 5.56 Å². The van der Waals surface area contributed by atoms with Crippen LogP contribution in [0.15, 0.2) is 48.5 Å². The standard InChI is InChI=1S/C15H14NO8P/c1-22-15(17)10-11-2-6-13(7-3-11)23-25(20,21)24-14-8-4-12(5-9-14)16(18)19/h2-9H,10H2,1H3,(H,20,21). The number of carbonyl (C=O) groups is 1. The highest BCUT2D eigenvalue weighted by Crippen LogP contribution is 2.44. The molecule has 0 aromatic heterocycles. The van der Waals surface area contributed by atoms with Gasteiger partial charge >= 0.3 is 13.8 Å². The molecule has 25 heavy (non-hydrogen) atoms. The van der Waals surface area contributed by atoms with E-state index >= 15 is 0 Å². The maximum atomic E-state index is 12.0. The monoisotopic (exact) mass is 367 g/mol. The van der Waals surface area contributed by atoms with E-state index in [2.05, 4.69) is 4.74 Å². The summed E-state index contributed by atoms with van der Waals surface area (Å²) in [5.41, 5.74) is 0.463. The SMILES string of the molecule is COC(=O)Cc1ccc(OP(=O)(O)Oc2ccc([N+](=O)[O-])cc2)cc1. The highest BCUT2D eigenvalue weighted by atomic mass is 31.2. The van der Waals surface area contributed by atoms with Crippen LogP contribution in [0.2, 0.25) is 0 Å². The van der Waals surface area contributed by atoms with Crippen molar-refractivity contribution in [2.75, 3.05) is 7.11 Å². The maximum Gasteiger partial charge on any atom is 0.584 e. The Balaban J connectivity index is 2.01. The van der Waals surface area contributed by atoms with E-state index in [1.54, 1.807) is 0 Å². The average molecular weight is 367 g/mol. The summed E-state index contributed by atoms with van der Waals surface area (Å²) in [6.07, 6.45) is 0.0624. The Kier molecular flexibility index (Phi) is 5.74. The summed E-state index contributed by atoms with van der Waals surface area (Å²) >= 11 is 0. The van der Waals surface area contributed by atoms with Crippen molar-refractivity contribution in [2.24, 2.45) is 0 Å². The molecule has 0 bridgehead atoms. The predicted molar refractivity (Wildman–Crippen MR) is 86.3 cm³/mol. The van der Waals surface area contributed by atoms with E-state index in [-0.39, 0.29) is 23.6 Å². The lowest BCUT2D eigenvalue weighted by atomic mass is 10.1. The van der Waals surface area contributed by atoms with Crippen LogP contribution in [0.4, 0.5) is 5.69 Å². The smallest absolute Gasteiger partial charge is 0.469 e. The lowest BCUT2D eigenvalue weighted by molar-refractivity contribution is -0.384. The van der Waals surface area contributed by atoms with Crippen LogP contribution in [-0.4, -0.2) is 22.9 Å². The van der Waals surface area contributed by atoms with Gasteiger partial charge in [0.25, 0.3) is 5.69 Å². The molecule has 0 aliphatic carbocycles. The largest absolute Gasteiger partial charge is 0.584 e. The number of non-ortho nitro benzene ring substituents is 1. The summed E-state index contributed by atoms with van der Waals surface area (Å²) in [5, 5.41) is 10.6. The zero-order valence-electron chi connectivity index (χ0n) is 13.0. The third kappa shape index (κ3) is 5.59. The van der Waals surface area contributed by atoms with Crippen molar-refractivity contribution in [3.05, 3.63) is 64.2 Å². The number of ether oxygens (including phenoxy) is 1. The van der Waals surface area contributed by atoms with Gasteiger partial charge in [0, 0.05) is 12.1 Å². The number of hydrogen-bond acceptors (Lipinski definition) is 7. The van der Waals surface area contributed by atoms with Gasteiger partial charge in [0.15, 0.2) is 0 Å². The van der Waals surface area contributed by atoms with Crippen molar-refractivity contribution >= 4 is 19.5 Å². The number of nitro benzene ring substituents is 1. The van der Waals surface area contributed by atoms with Crippen molar-refractivity contribution < 1.29 is 33.0 Å². The van der Waals surface area contributed by atoms with Gasteiger partial charge in [-0.15, -0.1) is 0 Å². The molecular formula is C15H14NO8P. The summed E-state index contributed by atoms with van der Waals surface area (Å²) in [6.45, 7) is 0. The van der Waals surface area contributed by atoms with Gasteiger partial charge in [-0.3, -0.25) is 19.8 Å². The fraction of sp³-hybridized carbons (Fsp3) is 0.133. The number of rotatable bonds is 7. The van der Waals surface area contributed by atoms with Crippen molar-refractivity contribution in [3.63, 3.8) is 0 Å². The van der Waals surface area contributed by atoms with Crippen molar-refractivity contribution in [1.82, 2.24) is 0 Å². The third-order valence-corrected chi connectivity index (χ3v) is 3.87. The number of nitro groups is 1. The molecule has 2 aromatic carbocycles. The minimum absolute atomic E-state index is 0.0567. The Morgan fingerprint density at radius 2 is 1.56 bits per heavy atom. The quantitative estimate of drug-likeness (QED) is 0.343. The van der Waals surface area contributed by atoms with Gasteiger partial charge in [-0.25, -0.2) is 4.57 Å². The van der Waals surface area contributed by atoms with Crippen LogP contribution < -0.4 is 9.05 Å². The number of phosphoric acid groups is 1. The molecule has 1 atom stereocenters. The molecule has 132 valence electrons. The molecule has 0 saturated carbocycles. The number of esters is 1. The summed E-state index contributed by atoms with van der Waals surface area (Å²) < 4.78 is 26.3. The lowest BCUT2D eigenvalue weighted by Crippen LogP contribution is -2.04. The molecule has 0 aliphatic rings. The number of carbonyl (C=O) groups excluding carboxylic acids is 1. The number of phosphoric ester groups is 1. The highest BCUT2D eigenvalue weighted by Gasteiger charge is 2.25. The van der Waals surface area contributed by atoms with Crippen LogP contribution >= 0.6 is 7.82 Å². The van der Waals surface area contributed by atoms with E-state index in [1.165, 1.54) is 43.5 Å². The van der Waals surface area contributed by atoms with E-state index in [4.69, 9.17) is 9.05 Å². The second-order valence-electron chi connectivity index (χ2n) is 4.80. The first kappa shape index (κ1) is 18.4. The molecule has 2 rings (SSSR count). The molecule has 0 amide bonds. The average Bonchev–Trinajstić information content (AvgIpc) is 2.56. The molecule has 1 N–H and O–H groups in total. The van der Waals surface area contributed by atoms with Gasteiger partial charge in [0.05, 0.1) is 18.5 Å². The van der Waals surface area contributed by atoms with Crippen LogP contribution in [0.1, 0.15) is 5.56 Å². The molecule has 2 aromatic rings. The van der Waals surface area contributed by atoms with Gasteiger partial charge in [-0.2, -0.15) is 0 Å². The van der Waals surface area contributed by atoms with E-state index < -0.39 is 18.7 Å². The van der Waals surface area contributed by atoms with Crippen molar-refractivity contribution in [3.8, 4) is 11.5 Å². The number of nitrogens with zero attached hydrogens (tertiary/aromatic N) is 1. The normalized spacial score (nSPS) is 12.7. The number of benzene rings is 2. The Labute approximate surface area is 142 Å². The summed E-state index contributed by atoms with van der Waals surface area (Å²) in [6, 6.07) is 10.5. The molecule has 9 nitrogen and oxygen atoms in total. The fourth-order valence-corrected chi connectivity index (χ4v) is 2.63. The first-order chi connectivity index (χ1) is 11.8. The van der Waals surface area contributed by atoms with Gasteiger partial charge in [-0.05, 0) is 29.8 Å². The predicted octanol–water partition coefficient (Wildman–Crippen LogP) is 2.87. The number of hydrogen-bond donors (Lipinski definition) is 1. The van der Waals surface area contributed by atoms with Crippen LogP contribution in [0.25, 0.3) is 0 Å². The zero-order chi connectivity index (χ0) is 18.4. The summed E-state index contributed by atoms with van der Waals surface area (Å²) in [4.78, 5) is 30.9. The minimum Gasteiger partial charge on any atom is -0.469 e. The Bertz CT molecular complexity index is 803. The lowest BCUT2D eigenvalue weighted by Gasteiger charge is -2.13. The zero-order valence-corrected chi connectivity index (χ0v) is 13.9. The summed E-state index contributed by atoms with van der Waals surface area (Å²) in [5.74, 6) is -0.414. The first-order valence-electron chi connectivity index (χ1n) is 6.91. The molecule has 1 unspecified atom stereocenters. The maximum absolute atomic E-state index is 12.0. The molecule has 0 aliphatic heterocycles. The molecule has 0 heterocycles. The van der Waals surface area contributed by atoms with E-state index in [9.17, 15) is 24.4 Å². The second kappa shape index (κ2) is 7.78. The minimum atomic E-state index is -4.49. The third-order valence-electron chi connectivity index (χ3n) is 2.99.